The van der Waals surface area contributed by atoms with Gasteiger partial charge >= 0.3 is 0 Å². The summed E-state index contributed by atoms with van der Waals surface area (Å²) in [5, 5.41) is 17.2. The summed E-state index contributed by atoms with van der Waals surface area (Å²) in [5.41, 5.74) is 4.82. The van der Waals surface area contributed by atoms with Crippen LogP contribution in [0.3, 0.4) is 0 Å². The molecule has 0 saturated heterocycles. The molecule has 0 aliphatic heterocycles. The van der Waals surface area contributed by atoms with E-state index in [9.17, 15) is 14.9 Å². The van der Waals surface area contributed by atoms with Crippen molar-refractivity contribution in [2.45, 2.75) is 13.0 Å². The second-order valence-electron chi connectivity index (χ2n) is 8.05. The quantitative estimate of drug-likeness (QED) is 0.131. The topological polar surface area (TPSA) is 81.9 Å². The van der Waals surface area contributed by atoms with E-state index in [2.05, 4.69) is 18.2 Å². The minimum atomic E-state index is -0.487. The molecule has 0 unspecified atom stereocenters. The highest BCUT2D eigenvalue weighted by Crippen LogP contribution is 2.25. The van der Waals surface area contributed by atoms with Crippen molar-refractivity contribution >= 4 is 22.8 Å². The Kier molecular flexibility index (Phi) is 6.28. The molecule has 0 bridgehead atoms. The number of nitro groups is 1. The third kappa shape index (κ3) is 5.07. The van der Waals surface area contributed by atoms with Crippen molar-refractivity contribution in [1.82, 2.24) is 9.78 Å². The van der Waals surface area contributed by atoms with Crippen LogP contribution in [0.5, 0.6) is 0 Å². The first-order chi connectivity index (χ1) is 17.1. The van der Waals surface area contributed by atoms with Gasteiger partial charge in [-0.2, -0.15) is 9.67 Å². The van der Waals surface area contributed by atoms with E-state index in [1.807, 2.05) is 77.7 Å². The van der Waals surface area contributed by atoms with Crippen LogP contribution in [0.15, 0.2) is 103 Å². The number of ketones is 1. The zero-order valence-electron chi connectivity index (χ0n) is 18.7. The lowest BCUT2D eigenvalue weighted by Gasteiger charge is -2.07. The molecule has 2 aromatic carbocycles. The normalized spacial score (nSPS) is 10.9. The first-order valence-electron chi connectivity index (χ1n) is 11.0. The van der Waals surface area contributed by atoms with Crippen LogP contribution in [0.25, 0.3) is 16.9 Å². The zero-order valence-corrected chi connectivity index (χ0v) is 19.5. The van der Waals surface area contributed by atoms with Gasteiger partial charge < -0.3 is 0 Å². The molecule has 5 rings (SSSR count). The molecular formula is C27H21N4O3S+. The number of hydrogen-bond acceptors (Lipinski definition) is 5. The highest BCUT2D eigenvalue weighted by molar-refractivity contribution is 7.12. The van der Waals surface area contributed by atoms with Crippen molar-refractivity contribution in [3.8, 4) is 16.9 Å². The second kappa shape index (κ2) is 9.82. The van der Waals surface area contributed by atoms with Gasteiger partial charge in [-0.05, 0) is 29.8 Å². The van der Waals surface area contributed by atoms with Gasteiger partial charge in [0.15, 0.2) is 12.4 Å². The largest absolute Gasteiger partial charge is 0.286 e. The number of Topliss-reactive ketones (excluding diaryl/α,β-unsaturated/α-hetero) is 1. The monoisotopic (exact) mass is 481 g/mol. The fraction of sp³-hybridized carbons (Fsp3) is 0.0741. The highest BCUT2D eigenvalue weighted by Gasteiger charge is 2.20. The summed E-state index contributed by atoms with van der Waals surface area (Å²) in [6, 6.07) is 27.4. The Bertz CT molecular complexity index is 1490. The molecule has 0 spiro atoms. The predicted molar refractivity (Wildman–Crippen MR) is 134 cm³/mol. The third-order valence-corrected chi connectivity index (χ3v) is 6.50. The van der Waals surface area contributed by atoms with Crippen LogP contribution < -0.4 is 4.57 Å². The number of aromatic nitrogens is 3. The fourth-order valence-corrected chi connectivity index (χ4v) is 4.66. The summed E-state index contributed by atoms with van der Waals surface area (Å²) in [4.78, 5) is 23.6. The average molecular weight is 482 g/mol. The molecule has 0 atom stereocenters. The average Bonchev–Trinajstić information content (AvgIpc) is 3.54. The lowest BCUT2D eigenvalue weighted by molar-refractivity contribution is -0.682. The number of carbonyl (C=O) groups is 1. The molecule has 172 valence electrons. The Morgan fingerprint density at radius 3 is 2.46 bits per heavy atom. The molecule has 5 aromatic rings. The van der Waals surface area contributed by atoms with Gasteiger partial charge in [0.25, 0.3) is 5.69 Å². The molecule has 35 heavy (non-hydrogen) atoms. The molecule has 0 radical (unpaired) electrons. The standard InChI is InChI=1S/C27H21N4O3S/c32-26(27-16-24(19-35-27)31(33)34)18-29-13-7-10-21(17-29)25-15-22(14-20-8-3-1-4-9-20)28-30(25)23-11-5-2-6-12-23/h1-13,15-17,19H,14,18H2/q+1. The van der Waals surface area contributed by atoms with Crippen LogP contribution in [-0.2, 0) is 13.0 Å². The maximum atomic E-state index is 12.7. The van der Waals surface area contributed by atoms with E-state index >= 15 is 0 Å². The number of benzene rings is 2. The van der Waals surface area contributed by atoms with E-state index in [0.29, 0.717) is 11.3 Å². The van der Waals surface area contributed by atoms with Crippen LogP contribution in [0.2, 0.25) is 0 Å². The number of nitrogens with zero attached hydrogens (tertiary/aromatic N) is 4. The van der Waals surface area contributed by atoms with Crippen LogP contribution in [0.1, 0.15) is 20.9 Å². The van der Waals surface area contributed by atoms with Crippen molar-refractivity contribution < 1.29 is 14.3 Å². The van der Waals surface area contributed by atoms with Crippen molar-refractivity contribution in [2.24, 2.45) is 0 Å². The van der Waals surface area contributed by atoms with Crippen molar-refractivity contribution in [1.29, 1.82) is 0 Å². The lowest BCUT2D eigenvalue weighted by Crippen LogP contribution is -2.37. The molecule has 7 nitrogen and oxygen atoms in total. The van der Waals surface area contributed by atoms with Crippen LogP contribution in [0.4, 0.5) is 5.69 Å². The molecule has 3 heterocycles. The van der Waals surface area contributed by atoms with E-state index in [0.717, 1.165) is 34.0 Å². The van der Waals surface area contributed by atoms with Gasteiger partial charge in [0.05, 0.1) is 37.8 Å². The van der Waals surface area contributed by atoms with Gasteiger partial charge in [-0.1, -0.05) is 48.5 Å². The van der Waals surface area contributed by atoms with Gasteiger partial charge in [0.1, 0.15) is 0 Å². The van der Waals surface area contributed by atoms with E-state index in [1.54, 1.807) is 4.57 Å². The molecule has 0 fully saturated rings. The Morgan fingerprint density at radius 1 is 1.00 bits per heavy atom. The molecule has 0 amide bonds. The van der Waals surface area contributed by atoms with Crippen LogP contribution >= 0.6 is 11.3 Å². The maximum Gasteiger partial charge on any atom is 0.280 e. The summed E-state index contributed by atoms with van der Waals surface area (Å²) in [6.45, 7) is 0.0852. The number of pyridine rings is 1. The minimum absolute atomic E-state index is 0.0604. The first kappa shape index (κ1) is 22.4. The van der Waals surface area contributed by atoms with Crippen molar-refractivity contribution in [2.75, 3.05) is 0 Å². The summed E-state index contributed by atoms with van der Waals surface area (Å²) < 4.78 is 3.71. The Morgan fingerprint density at radius 2 is 1.74 bits per heavy atom. The minimum Gasteiger partial charge on any atom is -0.286 e. The second-order valence-corrected chi connectivity index (χ2v) is 8.96. The van der Waals surface area contributed by atoms with E-state index < -0.39 is 4.92 Å². The summed E-state index contributed by atoms with van der Waals surface area (Å²) >= 11 is 1.09. The zero-order chi connectivity index (χ0) is 24.2. The van der Waals surface area contributed by atoms with Gasteiger partial charge in [-0.3, -0.25) is 14.9 Å². The van der Waals surface area contributed by atoms with Crippen LogP contribution in [0, 0.1) is 10.1 Å². The van der Waals surface area contributed by atoms with Crippen LogP contribution in [-0.4, -0.2) is 20.5 Å². The van der Waals surface area contributed by atoms with E-state index in [1.165, 1.54) is 17.0 Å². The number of hydrogen-bond donors (Lipinski definition) is 0. The number of thiophene rings is 1. The first-order valence-corrected chi connectivity index (χ1v) is 11.9. The highest BCUT2D eigenvalue weighted by atomic mass is 32.1. The number of para-hydroxylation sites is 1. The van der Waals surface area contributed by atoms with Gasteiger partial charge in [0.2, 0.25) is 12.3 Å². The van der Waals surface area contributed by atoms with Gasteiger partial charge in [-0.15, -0.1) is 11.3 Å². The van der Waals surface area contributed by atoms with Gasteiger partial charge in [0, 0.05) is 18.6 Å². The Hall–Kier alpha value is -4.43. The smallest absolute Gasteiger partial charge is 0.280 e. The SMILES string of the molecule is O=C(C[n+]1cccc(-c2cc(Cc3ccccc3)nn2-c2ccccc2)c1)c1cc([N+](=O)[O-])cs1. The molecule has 8 heteroatoms. The third-order valence-electron chi connectivity index (χ3n) is 5.54. The summed E-state index contributed by atoms with van der Waals surface area (Å²) in [7, 11) is 0. The molecule has 0 saturated carbocycles. The molecule has 0 N–H and O–H groups in total. The van der Waals surface area contributed by atoms with Crippen molar-refractivity contribution in [3.05, 3.63) is 129 Å². The predicted octanol–water partition coefficient (Wildman–Crippen LogP) is 5.27. The number of carbonyl (C=O) groups excluding carboxylic acids is 1. The Balaban J connectivity index is 1.47. The van der Waals surface area contributed by atoms with Crippen molar-refractivity contribution in [3.63, 3.8) is 0 Å². The molecule has 0 aliphatic rings. The number of rotatable bonds is 8. The lowest BCUT2D eigenvalue weighted by atomic mass is 10.1. The summed E-state index contributed by atoms with van der Waals surface area (Å²) in [5.74, 6) is -0.174. The summed E-state index contributed by atoms with van der Waals surface area (Å²) in [6.07, 6.45) is 4.43. The van der Waals surface area contributed by atoms with Gasteiger partial charge in [-0.25, -0.2) is 4.68 Å². The molecule has 0 aliphatic carbocycles. The maximum absolute atomic E-state index is 12.7. The van der Waals surface area contributed by atoms with E-state index in [4.69, 9.17) is 5.10 Å². The Labute approximate surface area is 205 Å². The van der Waals surface area contributed by atoms with E-state index in [-0.39, 0.29) is 18.0 Å². The molecular weight excluding hydrogens is 460 g/mol. The molecule has 3 aromatic heterocycles. The fourth-order valence-electron chi connectivity index (χ4n) is 3.88.